The summed E-state index contributed by atoms with van der Waals surface area (Å²) in [6.07, 6.45) is 2.84. The van der Waals surface area contributed by atoms with Crippen LogP contribution in [0.3, 0.4) is 0 Å². The van der Waals surface area contributed by atoms with Crippen molar-refractivity contribution < 1.29 is 14.3 Å². The van der Waals surface area contributed by atoms with Gasteiger partial charge in [-0.1, -0.05) is 48.0 Å². The van der Waals surface area contributed by atoms with Crippen molar-refractivity contribution in [3.63, 3.8) is 0 Å². The number of hydrogen-bond donors (Lipinski definition) is 0. The lowest BCUT2D eigenvalue weighted by Crippen LogP contribution is -2.20. The highest BCUT2D eigenvalue weighted by atomic mass is 35.5. The number of ether oxygens (including phenoxy) is 2. The molecule has 27 heavy (non-hydrogen) atoms. The summed E-state index contributed by atoms with van der Waals surface area (Å²) in [5.74, 6) is 0.250. The Morgan fingerprint density at radius 3 is 2.67 bits per heavy atom. The van der Waals surface area contributed by atoms with Crippen LogP contribution in [0, 0.1) is 0 Å². The number of carbonyl (C=O) groups is 1. The Bertz CT molecular complexity index is 947. The molecule has 0 amide bonds. The molecule has 0 N–H and O–H groups in total. The molecule has 0 radical (unpaired) electrons. The van der Waals surface area contributed by atoms with Crippen molar-refractivity contribution in [3.8, 4) is 5.75 Å². The van der Waals surface area contributed by atoms with E-state index in [1.54, 1.807) is 30.5 Å². The van der Waals surface area contributed by atoms with Crippen LogP contribution in [0.15, 0.2) is 78.5 Å². The van der Waals surface area contributed by atoms with Gasteiger partial charge in [-0.05, 0) is 42.0 Å². The molecule has 0 fully saturated rings. The van der Waals surface area contributed by atoms with Crippen molar-refractivity contribution in [1.82, 2.24) is 4.98 Å². The summed E-state index contributed by atoms with van der Waals surface area (Å²) < 4.78 is 11.5. The first-order valence-electron chi connectivity index (χ1n) is 8.50. The third kappa shape index (κ3) is 3.86. The monoisotopic (exact) mass is 377 g/mol. The molecule has 3 aromatic rings. The van der Waals surface area contributed by atoms with Crippen LogP contribution in [-0.2, 0) is 9.53 Å². The van der Waals surface area contributed by atoms with Gasteiger partial charge in [0, 0.05) is 16.8 Å². The molecule has 1 atom stereocenters. The van der Waals surface area contributed by atoms with Crippen LogP contribution in [0.2, 0.25) is 5.02 Å². The quantitative estimate of drug-likeness (QED) is 0.610. The van der Waals surface area contributed by atoms with Gasteiger partial charge in [-0.25, -0.2) is 4.79 Å². The number of nitrogens with zero attached hydrogens (tertiary/aromatic N) is 1. The lowest BCUT2D eigenvalue weighted by atomic mass is 10.0. The third-order valence-electron chi connectivity index (χ3n) is 4.23. The van der Waals surface area contributed by atoms with Gasteiger partial charge in [0.25, 0.3) is 0 Å². The van der Waals surface area contributed by atoms with Gasteiger partial charge in [-0.3, -0.25) is 4.98 Å². The van der Waals surface area contributed by atoms with Gasteiger partial charge >= 0.3 is 5.97 Å². The summed E-state index contributed by atoms with van der Waals surface area (Å²) in [7, 11) is 0. The van der Waals surface area contributed by atoms with Crippen LogP contribution < -0.4 is 4.74 Å². The van der Waals surface area contributed by atoms with E-state index < -0.39 is 12.1 Å². The van der Waals surface area contributed by atoms with E-state index >= 15 is 0 Å². The molecule has 1 aromatic heterocycles. The first kappa shape index (κ1) is 17.3. The molecule has 0 spiro atoms. The number of pyridine rings is 1. The minimum atomic E-state index is -0.596. The van der Waals surface area contributed by atoms with Gasteiger partial charge in [-0.15, -0.1) is 0 Å². The predicted molar refractivity (Wildman–Crippen MR) is 104 cm³/mol. The minimum absolute atomic E-state index is 0.150. The number of fused-ring (bicyclic) bond motifs is 1. The summed E-state index contributed by atoms with van der Waals surface area (Å²) in [5, 5.41) is 0.582. The Morgan fingerprint density at radius 2 is 1.89 bits per heavy atom. The molecule has 2 aromatic carbocycles. The molecule has 4 nitrogen and oxygen atoms in total. The molecule has 1 unspecified atom stereocenters. The van der Waals surface area contributed by atoms with Crippen LogP contribution in [0.25, 0.3) is 6.08 Å². The number of carbonyl (C=O) groups excluding carboxylic acids is 1. The van der Waals surface area contributed by atoms with Crippen LogP contribution in [0.5, 0.6) is 5.75 Å². The molecule has 0 saturated carbocycles. The first-order chi connectivity index (χ1) is 13.2. The fraction of sp³-hybridized carbons (Fsp3) is 0.0909. The average Bonchev–Trinajstić information content (AvgIpc) is 2.72. The molecule has 0 bridgehead atoms. The molecule has 134 valence electrons. The zero-order valence-electron chi connectivity index (χ0n) is 14.3. The van der Waals surface area contributed by atoms with Crippen LogP contribution in [-0.4, -0.2) is 17.6 Å². The first-order valence-corrected chi connectivity index (χ1v) is 8.88. The fourth-order valence-electron chi connectivity index (χ4n) is 2.91. The van der Waals surface area contributed by atoms with Crippen molar-refractivity contribution >= 4 is 23.6 Å². The SMILES string of the molecule is O=C(OC(c1ccccc1)c1ccccn1)C1=Cc2cc(Cl)ccc2OC1. The second-order valence-electron chi connectivity index (χ2n) is 6.09. The maximum atomic E-state index is 12.8. The van der Waals surface area contributed by atoms with Gasteiger partial charge in [0.2, 0.25) is 0 Å². The second kappa shape index (κ2) is 7.64. The van der Waals surface area contributed by atoms with E-state index in [0.717, 1.165) is 11.1 Å². The molecular formula is C22H16ClNO3. The van der Waals surface area contributed by atoms with Gasteiger partial charge in [0.15, 0.2) is 6.10 Å². The molecule has 0 aliphatic carbocycles. The zero-order valence-corrected chi connectivity index (χ0v) is 15.1. The number of aromatic nitrogens is 1. The third-order valence-corrected chi connectivity index (χ3v) is 4.47. The largest absolute Gasteiger partial charge is 0.488 e. The molecule has 1 aliphatic rings. The van der Waals surface area contributed by atoms with Gasteiger partial charge in [-0.2, -0.15) is 0 Å². The highest BCUT2D eigenvalue weighted by molar-refractivity contribution is 6.30. The Hall–Kier alpha value is -3.11. The average molecular weight is 378 g/mol. The van der Waals surface area contributed by atoms with Crippen LogP contribution in [0.1, 0.15) is 22.9 Å². The lowest BCUT2D eigenvalue weighted by Gasteiger charge is -2.21. The van der Waals surface area contributed by atoms with E-state index in [2.05, 4.69) is 4.98 Å². The molecule has 1 aliphatic heterocycles. The van der Waals surface area contributed by atoms with Crippen molar-refractivity contribution in [2.24, 2.45) is 0 Å². The molecule has 5 heteroatoms. The van der Waals surface area contributed by atoms with Crippen molar-refractivity contribution in [1.29, 1.82) is 0 Å². The predicted octanol–water partition coefficient (Wildman–Crippen LogP) is 4.84. The number of hydrogen-bond acceptors (Lipinski definition) is 4. The Morgan fingerprint density at radius 1 is 1.07 bits per heavy atom. The van der Waals surface area contributed by atoms with Crippen molar-refractivity contribution in [2.45, 2.75) is 6.10 Å². The van der Waals surface area contributed by atoms with E-state index in [-0.39, 0.29) is 6.61 Å². The Kier molecular flexibility index (Phi) is 4.90. The van der Waals surface area contributed by atoms with Gasteiger partial charge in [0.1, 0.15) is 12.4 Å². The smallest absolute Gasteiger partial charge is 0.338 e. The molecule has 2 heterocycles. The normalized spacial score (nSPS) is 13.7. The zero-order chi connectivity index (χ0) is 18.6. The van der Waals surface area contributed by atoms with E-state index in [1.807, 2.05) is 48.5 Å². The van der Waals surface area contributed by atoms with E-state index in [9.17, 15) is 4.79 Å². The van der Waals surface area contributed by atoms with Crippen molar-refractivity contribution in [3.05, 3.63) is 100 Å². The van der Waals surface area contributed by atoms with Crippen LogP contribution in [0.4, 0.5) is 0 Å². The number of benzene rings is 2. The second-order valence-corrected chi connectivity index (χ2v) is 6.53. The molecular weight excluding hydrogens is 362 g/mol. The summed E-state index contributed by atoms with van der Waals surface area (Å²) in [5.41, 5.74) is 2.71. The van der Waals surface area contributed by atoms with E-state index in [0.29, 0.717) is 22.0 Å². The number of rotatable bonds is 4. The highest BCUT2D eigenvalue weighted by Gasteiger charge is 2.24. The highest BCUT2D eigenvalue weighted by Crippen LogP contribution is 2.31. The number of halogens is 1. The summed E-state index contributed by atoms with van der Waals surface area (Å²) >= 11 is 6.04. The van der Waals surface area contributed by atoms with E-state index in [4.69, 9.17) is 21.1 Å². The maximum Gasteiger partial charge on any atom is 0.338 e. The Labute approximate surface area is 162 Å². The summed E-state index contributed by atoms with van der Waals surface area (Å²) in [6.45, 7) is 0.150. The van der Waals surface area contributed by atoms with E-state index in [1.165, 1.54) is 0 Å². The molecule has 4 rings (SSSR count). The van der Waals surface area contributed by atoms with Crippen LogP contribution >= 0.6 is 11.6 Å². The summed E-state index contributed by atoms with van der Waals surface area (Å²) in [6, 6.07) is 20.4. The number of esters is 1. The molecule has 0 saturated heterocycles. The fourth-order valence-corrected chi connectivity index (χ4v) is 3.09. The van der Waals surface area contributed by atoms with Gasteiger partial charge < -0.3 is 9.47 Å². The lowest BCUT2D eigenvalue weighted by molar-refractivity contribution is -0.143. The summed E-state index contributed by atoms with van der Waals surface area (Å²) in [4.78, 5) is 17.2. The maximum absolute atomic E-state index is 12.8. The standard InChI is InChI=1S/C22H16ClNO3/c23-18-9-10-20-16(13-18)12-17(14-26-20)22(25)27-21(15-6-2-1-3-7-15)19-8-4-5-11-24-19/h1-13,21H,14H2. The minimum Gasteiger partial charge on any atom is -0.488 e. The van der Waals surface area contributed by atoms with Gasteiger partial charge in [0.05, 0.1) is 11.3 Å². The topological polar surface area (TPSA) is 48.4 Å². The Balaban J connectivity index is 1.63. The van der Waals surface area contributed by atoms with Crippen molar-refractivity contribution in [2.75, 3.05) is 6.61 Å².